The Morgan fingerprint density at radius 1 is 1.54 bits per heavy atom. The molecular weight excluding hydrogens is 245 g/mol. The van der Waals surface area contributed by atoms with Gasteiger partial charge in [0, 0.05) is 25.2 Å². The van der Waals surface area contributed by atoms with Crippen LogP contribution in [-0.2, 0) is 20.9 Å². The van der Waals surface area contributed by atoms with Crippen molar-refractivity contribution in [1.29, 1.82) is 0 Å². The van der Waals surface area contributed by atoms with Gasteiger partial charge in [-0.1, -0.05) is 30.4 Å². The minimum absolute atomic E-state index is 0.612. The Hall–Kier alpha value is 0.940. The predicted octanol–water partition coefficient (Wildman–Crippen LogP) is 2.73. The van der Waals surface area contributed by atoms with Crippen LogP contribution in [0.2, 0.25) is 0 Å². The van der Waals surface area contributed by atoms with Gasteiger partial charge < -0.3 is 9.05 Å². The molecule has 76 valence electrons. The normalized spacial score (nSPS) is 27.0. The lowest BCUT2D eigenvalue weighted by Gasteiger charge is -2.11. The summed E-state index contributed by atoms with van der Waals surface area (Å²) < 4.78 is 15.5. The molecule has 1 fully saturated rings. The molecule has 0 aromatic carbocycles. The molecule has 1 saturated heterocycles. The van der Waals surface area contributed by atoms with Gasteiger partial charge in [-0.05, 0) is 11.8 Å². The molecular formula is C6H12NO2PS3. The topological polar surface area (TPSA) is 30.8 Å². The zero-order valence-electron chi connectivity index (χ0n) is 7.72. The molecule has 1 heterocycles. The SMILES string of the molecule is COP(=S)(/N=C1/SCC(C)S1)OC. The average molecular weight is 257 g/mol. The summed E-state index contributed by atoms with van der Waals surface area (Å²) in [7, 11) is 3.09. The van der Waals surface area contributed by atoms with E-state index in [2.05, 4.69) is 11.7 Å². The summed E-state index contributed by atoms with van der Waals surface area (Å²) in [5.41, 5.74) is 0. The van der Waals surface area contributed by atoms with E-state index in [-0.39, 0.29) is 0 Å². The van der Waals surface area contributed by atoms with Crippen LogP contribution in [-0.4, -0.2) is 29.6 Å². The van der Waals surface area contributed by atoms with Gasteiger partial charge in [-0.15, -0.1) is 0 Å². The molecule has 1 aliphatic rings. The van der Waals surface area contributed by atoms with Crippen molar-refractivity contribution in [3.8, 4) is 0 Å². The van der Waals surface area contributed by atoms with E-state index >= 15 is 0 Å². The summed E-state index contributed by atoms with van der Waals surface area (Å²) in [5, 5.41) is 0.612. The molecule has 0 radical (unpaired) electrons. The van der Waals surface area contributed by atoms with Crippen LogP contribution in [0, 0.1) is 0 Å². The largest absolute Gasteiger partial charge is 0.316 e. The summed E-state index contributed by atoms with van der Waals surface area (Å²) in [4.78, 5) is 0. The van der Waals surface area contributed by atoms with Crippen molar-refractivity contribution in [3.05, 3.63) is 0 Å². The highest BCUT2D eigenvalue weighted by atomic mass is 32.5. The van der Waals surface area contributed by atoms with Gasteiger partial charge in [0.1, 0.15) is 4.38 Å². The number of hydrogen-bond acceptors (Lipinski definition) is 5. The molecule has 0 aromatic rings. The van der Waals surface area contributed by atoms with Crippen molar-refractivity contribution >= 4 is 46.3 Å². The Bertz CT molecular complexity index is 250. The molecule has 0 spiro atoms. The average Bonchev–Trinajstić information content (AvgIpc) is 2.51. The molecule has 0 saturated carbocycles. The lowest BCUT2D eigenvalue weighted by molar-refractivity contribution is 0.339. The highest BCUT2D eigenvalue weighted by Gasteiger charge is 2.22. The highest BCUT2D eigenvalue weighted by molar-refractivity contribution is 8.42. The van der Waals surface area contributed by atoms with Crippen LogP contribution in [0.3, 0.4) is 0 Å². The van der Waals surface area contributed by atoms with Gasteiger partial charge in [0.2, 0.25) is 0 Å². The van der Waals surface area contributed by atoms with Crippen LogP contribution in [0.1, 0.15) is 6.92 Å². The quantitative estimate of drug-likeness (QED) is 0.726. The maximum absolute atomic E-state index is 5.13. The molecule has 0 N–H and O–H groups in total. The Kier molecular flexibility index (Phi) is 4.75. The van der Waals surface area contributed by atoms with Gasteiger partial charge in [0.25, 0.3) is 0 Å². The van der Waals surface area contributed by atoms with Crippen molar-refractivity contribution in [1.82, 2.24) is 0 Å². The molecule has 0 aliphatic carbocycles. The summed E-state index contributed by atoms with van der Waals surface area (Å²) >= 11 is 8.59. The highest BCUT2D eigenvalue weighted by Crippen LogP contribution is 2.51. The van der Waals surface area contributed by atoms with E-state index in [9.17, 15) is 0 Å². The summed E-state index contributed by atoms with van der Waals surface area (Å²) in [6.45, 7) is -0.207. The Labute approximate surface area is 92.3 Å². The van der Waals surface area contributed by atoms with E-state index in [1.807, 2.05) is 0 Å². The number of rotatable bonds is 3. The fraction of sp³-hybridized carbons (Fsp3) is 0.833. The van der Waals surface area contributed by atoms with Crippen molar-refractivity contribution < 1.29 is 9.05 Å². The van der Waals surface area contributed by atoms with Crippen molar-refractivity contribution in [3.63, 3.8) is 0 Å². The van der Waals surface area contributed by atoms with Crippen molar-refractivity contribution in [2.75, 3.05) is 20.0 Å². The van der Waals surface area contributed by atoms with Gasteiger partial charge >= 0.3 is 6.64 Å². The first-order valence-electron chi connectivity index (χ1n) is 3.71. The second kappa shape index (κ2) is 5.14. The third-order valence-electron chi connectivity index (χ3n) is 1.41. The maximum Gasteiger partial charge on any atom is 0.309 e. The molecule has 1 aliphatic heterocycles. The van der Waals surface area contributed by atoms with Gasteiger partial charge in [0.05, 0.1) is 0 Å². The third kappa shape index (κ3) is 3.53. The molecule has 13 heavy (non-hydrogen) atoms. The Morgan fingerprint density at radius 2 is 2.15 bits per heavy atom. The lowest BCUT2D eigenvalue weighted by Crippen LogP contribution is -1.90. The van der Waals surface area contributed by atoms with Crippen LogP contribution in [0.25, 0.3) is 0 Å². The smallest absolute Gasteiger partial charge is 0.309 e. The Balaban J connectivity index is 2.69. The van der Waals surface area contributed by atoms with E-state index in [0.717, 1.165) is 10.1 Å². The van der Waals surface area contributed by atoms with Crippen LogP contribution in [0.5, 0.6) is 0 Å². The van der Waals surface area contributed by atoms with Crippen LogP contribution in [0.4, 0.5) is 0 Å². The van der Waals surface area contributed by atoms with E-state index < -0.39 is 6.64 Å². The standard InChI is InChI=1S/C6H12NO2PS3/c1-5-4-12-6(13-5)7-10(11,8-2)9-3/h5H,4H2,1-3H3/b7-6-. The van der Waals surface area contributed by atoms with E-state index in [4.69, 9.17) is 20.9 Å². The number of thioether (sulfide) groups is 2. The molecule has 7 heteroatoms. The van der Waals surface area contributed by atoms with E-state index in [0.29, 0.717) is 5.25 Å². The van der Waals surface area contributed by atoms with Crippen molar-refractivity contribution in [2.45, 2.75) is 12.2 Å². The molecule has 1 rings (SSSR count). The fourth-order valence-electron chi connectivity index (χ4n) is 0.737. The first-order chi connectivity index (χ1) is 6.09. The second-order valence-corrected chi connectivity index (χ2v) is 8.39. The second-order valence-electron chi connectivity index (χ2n) is 2.44. The maximum atomic E-state index is 5.13. The first kappa shape index (κ1) is 12.0. The molecule has 0 aromatic heterocycles. The Morgan fingerprint density at radius 3 is 2.54 bits per heavy atom. The summed E-state index contributed by atoms with van der Waals surface area (Å²) in [5.74, 6) is 1.09. The zero-order valence-corrected chi connectivity index (χ0v) is 11.1. The molecule has 3 nitrogen and oxygen atoms in total. The number of hydrogen-bond donors (Lipinski definition) is 0. The lowest BCUT2D eigenvalue weighted by atomic mass is 10.6. The van der Waals surface area contributed by atoms with Gasteiger partial charge in [-0.2, -0.15) is 4.76 Å². The van der Waals surface area contributed by atoms with E-state index in [1.54, 1.807) is 37.7 Å². The molecule has 0 amide bonds. The number of nitrogens with zero attached hydrogens (tertiary/aromatic N) is 1. The zero-order chi connectivity index (χ0) is 9.90. The van der Waals surface area contributed by atoms with Crippen LogP contribution in [0.15, 0.2) is 4.76 Å². The minimum Gasteiger partial charge on any atom is -0.316 e. The predicted molar refractivity (Wildman–Crippen MR) is 65.2 cm³/mol. The van der Waals surface area contributed by atoms with Crippen LogP contribution < -0.4 is 0 Å². The fourth-order valence-corrected chi connectivity index (χ4v) is 5.04. The molecule has 1 unspecified atom stereocenters. The first-order valence-corrected chi connectivity index (χ1v) is 8.16. The van der Waals surface area contributed by atoms with Gasteiger partial charge in [0.15, 0.2) is 0 Å². The van der Waals surface area contributed by atoms with Crippen LogP contribution >= 0.6 is 30.2 Å². The van der Waals surface area contributed by atoms with Crippen molar-refractivity contribution in [2.24, 2.45) is 4.76 Å². The molecule has 0 bridgehead atoms. The molecule has 1 atom stereocenters. The van der Waals surface area contributed by atoms with Gasteiger partial charge in [-0.25, -0.2) is 0 Å². The van der Waals surface area contributed by atoms with E-state index in [1.165, 1.54) is 0 Å². The minimum atomic E-state index is -2.38. The van der Waals surface area contributed by atoms with Gasteiger partial charge in [-0.3, -0.25) is 0 Å². The monoisotopic (exact) mass is 257 g/mol. The summed E-state index contributed by atoms with van der Waals surface area (Å²) in [6.07, 6.45) is 0. The summed E-state index contributed by atoms with van der Waals surface area (Å²) in [6, 6.07) is 0. The third-order valence-corrected chi connectivity index (χ3v) is 6.91.